The lowest BCUT2D eigenvalue weighted by Crippen LogP contribution is -2.43. The van der Waals surface area contributed by atoms with E-state index in [-0.39, 0.29) is 6.04 Å². The molecule has 1 aromatic heterocycles. The van der Waals surface area contributed by atoms with E-state index in [2.05, 4.69) is 14.9 Å². The molecule has 0 amide bonds. The van der Waals surface area contributed by atoms with E-state index in [1.165, 1.54) is 0 Å². The number of nitrogens with zero attached hydrogens (tertiary/aromatic N) is 3. The number of aromatic nitrogens is 2. The molecule has 2 N–H and O–H groups in total. The van der Waals surface area contributed by atoms with Gasteiger partial charge in [0.1, 0.15) is 0 Å². The smallest absolute Gasteiger partial charge is 0.228 e. The van der Waals surface area contributed by atoms with Gasteiger partial charge in [0.15, 0.2) is 0 Å². The second-order valence-electron chi connectivity index (χ2n) is 4.43. The Kier molecular flexibility index (Phi) is 3.78. The van der Waals surface area contributed by atoms with Gasteiger partial charge in [0.05, 0.1) is 6.61 Å². The van der Waals surface area contributed by atoms with Crippen LogP contribution < -0.4 is 15.4 Å². The summed E-state index contributed by atoms with van der Waals surface area (Å²) in [7, 11) is 0. The van der Waals surface area contributed by atoms with Gasteiger partial charge in [-0.05, 0) is 26.7 Å². The third-order valence-electron chi connectivity index (χ3n) is 2.85. The van der Waals surface area contributed by atoms with Crippen molar-refractivity contribution in [1.82, 2.24) is 9.97 Å². The SMILES string of the molecule is CCOc1cc(C)nc(N2CCCC(N)C2)n1. The Balaban J connectivity index is 2.18. The molecule has 1 saturated heterocycles. The molecule has 0 saturated carbocycles. The molecule has 94 valence electrons. The maximum atomic E-state index is 5.97. The van der Waals surface area contributed by atoms with Gasteiger partial charge in [-0.15, -0.1) is 0 Å². The van der Waals surface area contributed by atoms with Gasteiger partial charge >= 0.3 is 0 Å². The van der Waals surface area contributed by atoms with E-state index in [0.717, 1.165) is 37.6 Å². The first-order valence-corrected chi connectivity index (χ1v) is 6.18. The van der Waals surface area contributed by atoms with E-state index in [9.17, 15) is 0 Å². The second kappa shape index (κ2) is 5.31. The van der Waals surface area contributed by atoms with Gasteiger partial charge in [0.2, 0.25) is 11.8 Å². The molecule has 1 fully saturated rings. The molecule has 0 radical (unpaired) electrons. The molecular weight excluding hydrogens is 216 g/mol. The maximum Gasteiger partial charge on any atom is 0.228 e. The summed E-state index contributed by atoms with van der Waals surface area (Å²) >= 11 is 0. The molecule has 0 spiro atoms. The number of hydrogen-bond acceptors (Lipinski definition) is 5. The average Bonchev–Trinajstić information content (AvgIpc) is 2.28. The second-order valence-corrected chi connectivity index (χ2v) is 4.43. The summed E-state index contributed by atoms with van der Waals surface area (Å²) in [6.07, 6.45) is 2.18. The molecule has 2 rings (SSSR count). The molecule has 2 heterocycles. The van der Waals surface area contributed by atoms with Crippen LogP contribution in [0.5, 0.6) is 5.88 Å². The lowest BCUT2D eigenvalue weighted by atomic mass is 10.1. The number of piperidine rings is 1. The third-order valence-corrected chi connectivity index (χ3v) is 2.85. The molecule has 0 aromatic carbocycles. The topological polar surface area (TPSA) is 64.3 Å². The fourth-order valence-corrected chi connectivity index (χ4v) is 2.08. The monoisotopic (exact) mass is 236 g/mol. The van der Waals surface area contributed by atoms with E-state index >= 15 is 0 Å². The van der Waals surface area contributed by atoms with Gasteiger partial charge in [-0.25, -0.2) is 4.98 Å². The minimum atomic E-state index is 0.225. The summed E-state index contributed by atoms with van der Waals surface area (Å²) in [5.74, 6) is 1.39. The minimum Gasteiger partial charge on any atom is -0.478 e. The zero-order valence-electron chi connectivity index (χ0n) is 10.5. The number of hydrogen-bond donors (Lipinski definition) is 1. The quantitative estimate of drug-likeness (QED) is 0.851. The number of rotatable bonds is 3. The van der Waals surface area contributed by atoms with Crippen LogP contribution in [-0.2, 0) is 0 Å². The fourth-order valence-electron chi connectivity index (χ4n) is 2.08. The number of aryl methyl sites for hydroxylation is 1. The molecule has 1 aliphatic heterocycles. The van der Waals surface area contributed by atoms with E-state index in [1.807, 2.05) is 19.9 Å². The summed E-state index contributed by atoms with van der Waals surface area (Å²) in [6.45, 7) is 6.33. The first-order valence-electron chi connectivity index (χ1n) is 6.18. The predicted molar refractivity (Wildman–Crippen MR) is 67.4 cm³/mol. The van der Waals surface area contributed by atoms with Crippen LogP contribution in [0.3, 0.4) is 0 Å². The predicted octanol–water partition coefficient (Wildman–Crippen LogP) is 1.11. The van der Waals surface area contributed by atoms with Gasteiger partial charge < -0.3 is 15.4 Å². The van der Waals surface area contributed by atoms with Crippen molar-refractivity contribution in [3.63, 3.8) is 0 Å². The lowest BCUT2D eigenvalue weighted by Gasteiger charge is -2.30. The van der Waals surface area contributed by atoms with Crippen molar-refractivity contribution >= 4 is 5.95 Å². The minimum absolute atomic E-state index is 0.225. The van der Waals surface area contributed by atoms with Crippen molar-refractivity contribution < 1.29 is 4.74 Å². The van der Waals surface area contributed by atoms with Crippen LogP contribution in [0.1, 0.15) is 25.5 Å². The van der Waals surface area contributed by atoms with Crippen LogP contribution in [0, 0.1) is 6.92 Å². The van der Waals surface area contributed by atoms with Gasteiger partial charge in [-0.2, -0.15) is 4.98 Å². The molecule has 1 aromatic rings. The number of nitrogens with two attached hydrogens (primary N) is 1. The maximum absolute atomic E-state index is 5.97. The zero-order chi connectivity index (χ0) is 12.3. The van der Waals surface area contributed by atoms with E-state index in [4.69, 9.17) is 10.5 Å². The van der Waals surface area contributed by atoms with Gasteiger partial charge in [-0.3, -0.25) is 0 Å². The Morgan fingerprint density at radius 3 is 3.06 bits per heavy atom. The van der Waals surface area contributed by atoms with E-state index in [0.29, 0.717) is 12.5 Å². The standard InChI is InChI=1S/C12H20N4O/c1-3-17-11-7-9(2)14-12(15-11)16-6-4-5-10(13)8-16/h7,10H,3-6,8,13H2,1-2H3. The van der Waals surface area contributed by atoms with Crippen molar-refractivity contribution in [3.05, 3.63) is 11.8 Å². The van der Waals surface area contributed by atoms with Crippen molar-refractivity contribution in [2.24, 2.45) is 5.73 Å². The Hall–Kier alpha value is -1.36. The Morgan fingerprint density at radius 2 is 2.35 bits per heavy atom. The average molecular weight is 236 g/mol. The summed E-state index contributed by atoms with van der Waals surface area (Å²) in [4.78, 5) is 11.0. The Morgan fingerprint density at radius 1 is 1.53 bits per heavy atom. The normalized spacial score (nSPS) is 20.4. The third kappa shape index (κ3) is 3.06. The Labute approximate surface area is 102 Å². The van der Waals surface area contributed by atoms with Gasteiger partial charge in [0, 0.05) is 30.9 Å². The first-order chi connectivity index (χ1) is 8.19. The lowest BCUT2D eigenvalue weighted by molar-refractivity contribution is 0.325. The molecule has 17 heavy (non-hydrogen) atoms. The molecule has 0 bridgehead atoms. The summed E-state index contributed by atoms with van der Waals surface area (Å²) in [6, 6.07) is 2.08. The number of ether oxygens (including phenoxy) is 1. The van der Waals surface area contributed by atoms with Crippen LogP contribution in [0.15, 0.2) is 6.07 Å². The van der Waals surface area contributed by atoms with Crippen LogP contribution >= 0.6 is 0 Å². The highest BCUT2D eigenvalue weighted by Gasteiger charge is 2.19. The molecule has 1 atom stereocenters. The summed E-state index contributed by atoms with van der Waals surface area (Å²) < 4.78 is 5.44. The molecule has 1 aliphatic rings. The molecule has 1 unspecified atom stereocenters. The molecular formula is C12H20N4O. The first kappa shape index (κ1) is 12.1. The van der Waals surface area contributed by atoms with E-state index < -0.39 is 0 Å². The summed E-state index contributed by atoms with van der Waals surface area (Å²) in [5, 5.41) is 0. The van der Waals surface area contributed by atoms with Crippen molar-refractivity contribution in [2.75, 3.05) is 24.6 Å². The highest BCUT2D eigenvalue weighted by atomic mass is 16.5. The highest BCUT2D eigenvalue weighted by Crippen LogP contribution is 2.19. The van der Waals surface area contributed by atoms with Crippen LogP contribution in [0.2, 0.25) is 0 Å². The zero-order valence-corrected chi connectivity index (χ0v) is 10.5. The highest BCUT2D eigenvalue weighted by molar-refractivity contribution is 5.35. The largest absolute Gasteiger partial charge is 0.478 e. The van der Waals surface area contributed by atoms with Crippen LogP contribution in [-0.4, -0.2) is 35.7 Å². The van der Waals surface area contributed by atoms with Gasteiger partial charge in [0.25, 0.3) is 0 Å². The molecule has 5 heteroatoms. The molecule has 0 aliphatic carbocycles. The fraction of sp³-hybridized carbons (Fsp3) is 0.667. The summed E-state index contributed by atoms with van der Waals surface area (Å²) in [5.41, 5.74) is 6.90. The van der Waals surface area contributed by atoms with E-state index in [1.54, 1.807) is 0 Å². The van der Waals surface area contributed by atoms with Crippen molar-refractivity contribution in [1.29, 1.82) is 0 Å². The van der Waals surface area contributed by atoms with Crippen LogP contribution in [0.25, 0.3) is 0 Å². The number of anilines is 1. The van der Waals surface area contributed by atoms with Crippen molar-refractivity contribution in [2.45, 2.75) is 32.7 Å². The Bertz CT molecular complexity index is 383. The van der Waals surface area contributed by atoms with Crippen molar-refractivity contribution in [3.8, 4) is 5.88 Å². The van der Waals surface area contributed by atoms with Gasteiger partial charge in [-0.1, -0.05) is 0 Å². The molecule has 5 nitrogen and oxygen atoms in total. The van der Waals surface area contributed by atoms with Crippen LogP contribution in [0.4, 0.5) is 5.95 Å².